The van der Waals surface area contributed by atoms with E-state index in [1.807, 2.05) is 6.07 Å². The van der Waals surface area contributed by atoms with E-state index in [0.29, 0.717) is 12.5 Å². The van der Waals surface area contributed by atoms with Gasteiger partial charge in [0.05, 0.1) is 12.7 Å². The topological polar surface area (TPSA) is 43.7 Å². The van der Waals surface area contributed by atoms with Crippen molar-refractivity contribution in [2.45, 2.75) is 46.1 Å². The van der Waals surface area contributed by atoms with Gasteiger partial charge in [0.1, 0.15) is 0 Å². The molecule has 3 heteroatoms. The van der Waals surface area contributed by atoms with Crippen LogP contribution in [0, 0.1) is 11.3 Å². The number of aliphatic hydroxyl groups excluding tert-OH is 2. The Hall–Kier alpha value is -1.16. The number of allylic oxidation sites excluding steroid dienone is 1. The van der Waals surface area contributed by atoms with E-state index >= 15 is 0 Å². The van der Waals surface area contributed by atoms with Crippen LogP contribution in [0.1, 0.15) is 45.6 Å². The van der Waals surface area contributed by atoms with Crippen molar-refractivity contribution in [2.75, 3.05) is 26.2 Å². The van der Waals surface area contributed by atoms with Crippen molar-refractivity contribution in [3.05, 3.63) is 42.0 Å². The molecule has 1 aromatic carbocycles. The lowest BCUT2D eigenvalue weighted by atomic mass is 9.73. The molecule has 2 N–H and O–H groups in total. The van der Waals surface area contributed by atoms with Gasteiger partial charge in [-0.15, -0.1) is 0 Å². The first kappa shape index (κ1) is 19.2. The molecule has 0 amide bonds. The fourth-order valence-corrected chi connectivity index (χ4v) is 3.81. The molecule has 1 aliphatic heterocycles. The first-order chi connectivity index (χ1) is 11.5. The highest BCUT2D eigenvalue weighted by atomic mass is 16.3. The lowest BCUT2D eigenvalue weighted by molar-refractivity contribution is -0.0757. The molecule has 0 bridgehead atoms. The highest BCUT2D eigenvalue weighted by Crippen LogP contribution is 2.36. The Labute approximate surface area is 147 Å². The fraction of sp³-hybridized carbons (Fsp3) is 0.619. The highest BCUT2D eigenvalue weighted by Gasteiger charge is 2.41. The normalized spacial score (nSPS) is 26.1. The second-order valence-corrected chi connectivity index (χ2v) is 7.57. The average molecular weight is 332 g/mol. The zero-order valence-corrected chi connectivity index (χ0v) is 15.4. The second kappa shape index (κ2) is 8.80. The number of benzene rings is 1. The van der Waals surface area contributed by atoms with Crippen molar-refractivity contribution < 1.29 is 10.2 Å². The Morgan fingerprint density at radius 3 is 2.58 bits per heavy atom. The molecule has 1 fully saturated rings. The summed E-state index contributed by atoms with van der Waals surface area (Å²) in [5.74, 6) is 0.492. The van der Waals surface area contributed by atoms with Crippen LogP contribution in [0.5, 0.6) is 0 Å². The van der Waals surface area contributed by atoms with Gasteiger partial charge in [-0.3, -0.25) is 4.90 Å². The quantitative estimate of drug-likeness (QED) is 0.803. The van der Waals surface area contributed by atoms with Gasteiger partial charge in [-0.05, 0) is 36.4 Å². The maximum Gasteiger partial charge on any atom is 0.0745 e. The molecule has 1 aromatic rings. The van der Waals surface area contributed by atoms with Crippen molar-refractivity contribution in [1.29, 1.82) is 0 Å². The number of piperidine rings is 1. The zero-order chi connectivity index (χ0) is 17.6. The first-order valence-electron chi connectivity index (χ1n) is 9.28. The van der Waals surface area contributed by atoms with Gasteiger partial charge in [-0.25, -0.2) is 0 Å². The third kappa shape index (κ3) is 4.69. The Kier molecular flexibility index (Phi) is 7.02. The monoisotopic (exact) mass is 331 g/mol. The summed E-state index contributed by atoms with van der Waals surface area (Å²) in [6, 6.07) is 10.5. The summed E-state index contributed by atoms with van der Waals surface area (Å²) >= 11 is 0. The number of hydrogen-bond donors (Lipinski definition) is 2. The largest absolute Gasteiger partial charge is 0.396 e. The molecule has 0 unspecified atom stereocenters. The standard InChI is InChI=1S/C21H33NO2/c1-4-10-21(16-23)11-12-22(15-20(21)24)14-19(13-17(2)3)18-8-6-5-7-9-18/h5-9,13,17,20,23-24H,4,10-12,14-16H2,1-3H3/t20-,21-/m1/s1. The van der Waals surface area contributed by atoms with Crippen LogP contribution in [-0.2, 0) is 0 Å². The molecule has 0 spiro atoms. The van der Waals surface area contributed by atoms with Crippen molar-refractivity contribution >= 4 is 5.57 Å². The molecular weight excluding hydrogens is 298 g/mol. The number of rotatable bonds is 7. The Bertz CT molecular complexity index is 526. The van der Waals surface area contributed by atoms with Crippen LogP contribution in [-0.4, -0.2) is 47.5 Å². The van der Waals surface area contributed by atoms with Crippen LogP contribution in [0.4, 0.5) is 0 Å². The number of nitrogens with zero attached hydrogens (tertiary/aromatic N) is 1. The van der Waals surface area contributed by atoms with Gasteiger partial charge in [0.2, 0.25) is 0 Å². The second-order valence-electron chi connectivity index (χ2n) is 7.57. The third-order valence-electron chi connectivity index (χ3n) is 5.20. The van der Waals surface area contributed by atoms with Crippen LogP contribution in [0.25, 0.3) is 5.57 Å². The smallest absolute Gasteiger partial charge is 0.0745 e. The van der Waals surface area contributed by atoms with E-state index in [4.69, 9.17) is 0 Å². The Balaban J connectivity index is 2.09. The van der Waals surface area contributed by atoms with Gasteiger partial charge in [0.25, 0.3) is 0 Å². The molecule has 0 saturated carbocycles. The van der Waals surface area contributed by atoms with Crippen molar-refractivity contribution in [3.8, 4) is 0 Å². The summed E-state index contributed by atoms with van der Waals surface area (Å²) in [6.07, 6.45) is 4.63. The van der Waals surface area contributed by atoms with Crippen LogP contribution < -0.4 is 0 Å². The summed E-state index contributed by atoms with van der Waals surface area (Å²) in [4.78, 5) is 2.33. The number of β-amino-alcohol motifs (C(OH)–C–C–N with tert-alkyl or cyclic N) is 1. The van der Waals surface area contributed by atoms with E-state index in [0.717, 1.165) is 32.4 Å². The van der Waals surface area contributed by atoms with Crippen LogP contribution in [0.3, 0.4) is 0 Å². The fourth-order valence-electron chi connectivity index (χ4n) is 3.81. The van der Waals surface area contributed by atoms with Crippen molar-refractivity contribution in [1.82, 2.24) is 4.90 Å². The Morgan fingerprint density at radius 2 is 2.04 bits per heavy atom. The summed E-state index contributed by atoms with van der Waals surface area (Å²) < 4.78 is 0. The molecule has 134 valence electrons. The lowest BCUT2D eigenvalue weighted by Crippen LogP contribution is -2.52. The van der Waals surface area contributed by atoms with Gasteiger partial charge in [0, 0.05) is 18.5 Å². The third-order valence-corrected chi connectivity index (χ3v) is 5.20. The molecular formula is C21H33NO2. The molecule has 24 heavy (non-hydrogen) atoms. The number of hydrogen-bond acceptors (Lipinski definition) is 3. The van der Waals surface area contributed by atoms with Crippen molar-refractivity contribution in [2.24, 2.45) is 11.3 Å². The number of aliphatic hydroxyl groups is 2. The molecule has 1 aliphatic rings. The van der Waals surface area contributed by atoms with E-state index in [1.54, 1.807) is 0 Å². The molecule has 1 saturated heterocycles. The van der Waals surface area contributed by atoms with Gasteiger partial charge >= 0.3 is 0 Å². The van der Waals surface area contributed by atoms with Gasteiger partial charge in [-0.1, -0.05) is 63.6 Å². The molecule has 0 radical (unpaired) electrons. The minimum atomic E-state index is -0.452. The predicted octanol–water partition coefficient (Wildman–Crippen LogP) is 3.57. The van der Waals surface area contributed by atoms with E-state index in [1.165, 1.54) is 11.1 Å². The minimum Gasteiger partial charge on any atom is -0.396 e. The molecule has 0 aromatic heterocycles. The maximum atomic E-state index is 10.7. The SMILES string of the molecule is CCC[C@]1(CO)CCN(CC(=CC(C)C)c2ccccc2)C[C@H]1O. The highest BCUT2D eigenvalue weighted by molar-refractivity contribution is 5.67. The summed E-state index contributed by atoms with van der Waals surface area (Å²) in [7, 11) is 0. The van der Waals surface area contributed by atoms with E-state index in [9.17, 15) is 10.2 Å². The van der Waals surface area contributed by atoms with Crippen molar-refractivity contribution in [3.63, 3.8) is 0 Å². The predicted molar refractivity (Wildman–Crippen MR) is 101 cm³/mol. The number of likely N-dealkylation sites (tertiary alicyclic amines) is 1. The zero-order valence-electron chi connectivity index (χ0n) is 15.4. The van der Waals surface area contributed by atoms with Gasteiger partial charge < -0.3 is 10.2 Å². The van der Waals surface area contributed by atoms with Crippen LogP contribution >= 0.6 is 0 Å². The molecule has 1 heterocycles. The first-order valence-corrected chi connectivity index (χ1v) is 9.28. The average Bonchev–Trinajstić information content (AvgIpc) is 2.57. The van der Waals surface area contributed by atoms with Gasteiger partial charge in [0.15, 0.2) is 0 Å². The maximum absolute atomic E-state index is 10.7. The van der Waals surface area contributed by atoms with E-state index in [-0.39, 0.29) is 12.0 Å². The molecule has 0 aliphatic carbocycles. The summed E-state index contributed by atoms with van der Waals surface area (Å²) in [5, 5.41) is 20.5. The molecule has 2 rings (SSSR count). The summed E-state index contributed by atoms with van der Waals surface area (Å²) in [6.45, 7) is 9.03. The van der Waals surface area contributed by atoms with Crippen LogP contribution in [0.15, 0.2) is 36.4 Å². The Morgan fingerprint density at radius 1 is 1.33 bits per heavy atom. The molecule has 2 atom stereocenters. The lowest BCUT2D eigenvalue weighted by Gasteiger charge is -2.45. The molecule has 3 nitrogen and oxygen atoms in total. The summed E-state index contributed by atoms with van der Waals surface area (Å²) in [5.41, 5.74) is 2.28. The van der Waals surface area contributed by atoms with E-state index < -0.39 is 6.10 Å². The minimum absolute atomic E-state index is 0.0865. The van der Waals surface area contributed by atoms with Crippen LogP contribution in [0.2, 0.25) is 0 Å². The van der Waals surface area contributed by atoms with E-state index in [2.05, 4.69) is 56.0 Å². The van der Waals surface area contributed by atoms with Gasteiger partial charge in [-0.2, -0.15) is 0 Å².